The number of nitrogens with zero attached hydrogens (tertiary/aromatic N) is 1. The van der Waals surface area contributed by atoms with Crippen LogP contribution in [0, 0.1) is 12.3 Å². The number of methoxy groups -OCH3 is 1. The van der Waals surface area contributed by atoms with Crippen molar-refractivity contribution in [2.24, 2.45) is 10.4 Å². The van der Waals surface area contributed by atoms with E-state index in [1.165, 1.54) is 5.56 Å². The molecule has 0 saturated carbocycles. The van der Waals surface area contributed by atoms with Crippen molar-refractivity contribution >= 4 is 29.9 Å². The zero-order valence-electron chi connectivity index (χ0n) is 15.3. The lowest BCUT2D eigenvalue weighted by Crippen LogP contribution is -2.44. The minimum atomic E-state index is -0.00107. The average Bonchev–Trinajstić information content (AvgIpc) is 3.03. The minimum Gasteiger partial charge on any atom is -0.497 e. The maximum absolute atomic E-state index is 9.30. The van der Waals surface area contributed by atoms with E-state index in [4.69, 9.17) is 9.47 Å². The summed E-state index contributed by atoms with van der Waals surface area (Å²) in [5, 5.41) is 16.0. The van der Waals surface area contributed by atoms with Crippen LogP contribution in [0.5, 0.6) is 5.75 Å². The van der Waals surface area contributed by atoms with E-state index in [1.807, 2.05) is 12.1 Å². The SMILES string of the molecule is CN=C(NCc1cc(C)cc(OC)c1)NCC1(CCO)CCOC1.I. The van der Waals surface area contributed by atoms with Gasteiger partial charge in [-0.15, -0.1) is 24.0 Å². The lowest BCUT2D eigenvalue weighted by Gasteiger charge is -2.27. The van der Waals surface area contributed by atoms with Crippen LogP contribution >= 0.6 is 24.0 Å². The van der Waals surface area contributed by atoms with Crippen LogP contribution in [-0.4, -0.2) is 51.6 Å². The van der Waals surface area contributed by atoms with Crippen molar-refractivity contribution in [3.8, 4) is 5.75 Å². The number of hydrogen-bond donors (Lipinski definition) is 3. The third-order valence-corrected chi connectivity index (χ3v) is 4.49. The Morgan fingerprint density at radius 1 is 1.36 bits per heavy atom. The standard InChI is InChI=1S/C18H29N3O3.HI/c1-14-8-15(10-16(9-14)23-3)11-20-17(19-2)21-12-18(4-6-22)5-7-24-13-18;/h8-10,22H,4-7,11-13H2,1-3H3,(H2,19,20,21);1H. The second-order valence-electron chi connectivity index (χ2n) is 6.41. The molecule has 0 radical (unpaired) electrons. The van der Waals surface area contributed by atoms with Crippen LogP contribution in [-0.2, 0) is 11.3 Å². The predicted octanol–water partition coefficient (Wildman–Crippen LogP) is 2.08. The van der Waals surface area contributed by atoms with E-state index in [1.54, 1.807) is 14.2 Å². The molecule has 1 aromatic carbocycles. The van der Waals surface area contributed by atoms with Crippen molar-refractivity contribution in [3.05, 3.63) is 29.3 Å². The number of ether oxygens (including phenoxy) is 2. The zero-order chi connectivity index (χ0) is 17.4. The molecule has 2 rings (SSSR count). The summed E-state index contributed by atoms with van der Waals surface area (Å²) in [6, 6.07) is 6.15. The van der Waals surface area contributed by atoms with Crippen molar-refractivity contribution < 1.29 is 14.6 Å². The van der Waals surface area contributed by atoms with Gasteiger partial charge in [0.05, 0.1) is 13.7 Å². The van der Waals surface area contributed by atoms with Crippen LogP contribution in [0.1, 0.15) is 24.0 Å². The van der Waals surface area contributed by atoms with Crippen LogP contribution in [0.15, 0.2) is 23.2 Å². The van der Waals surface area contributed by atoms with Gasteiger partial charge in [0, 0.05) is 38.8 Å². The van der Waals surface area contributed by atoms with Gasteiger partial charge in [0.1, 0.15) is 5.75 Å². The summed E-state index contributed by atoms with van der Waals surface area (Å²) < 4.78 is 10.8. The molecule has 0 aromatic heterocycles. The van der Waals surface area contributed by atoms with Gasteiger partial charge in [0.15, 0.2) is 5.96 Å². The first-order valence-corrected chi connectivity index (χ1v) is 8.38. The summed E-state index contributed by atoms with van der Waals surface area (Å²) in [6.45, 7) is 5.09. The Balaban J connectivity index is 0.00000312. The van der Waals surface area contributed by atoms with E-state index < -0.39 is 0 Å². The highest BCUT2D eigenvalue weighted by Gasteiger charge is 2.34. The first-order valence-electron chi connectivity index (χ1n) is 8.38. The summed E-state index contributed by atoms with van der Waals surface area (Å²) in [5.41, 5.74) is 2.31. The molecule has 3 N–H and O–H groups in total. The Bertz CT molecular complexity index is 560. The molecule has 1 unspecified atom stereocenters. The van der Waals surface area contributed by atoms with E-state index in [0.717, 1.165) is 43.3 Å². The number of nitrogens with one attached hydrogen (secondary N) is 2. The molecule has 1 heterocycles. The number of halogens is 1. The number of aliphatic hydroxyl groups is 1. The van der Waals surface area contributed by atoms with Crippen LogP contribution < -0.4 is 15.4 Å². The van der Waals surface area contributed by atoms with Crippen molar-refractivity contribution in [3.63, 3.8) is 0 Å². The van der Waals surface area contributed by atoms with Crippen molar-refractivity contribution in [1.29, 1.82) is 0 Å². The summed E-state index contributed by atoms with van der Waals surface area (Å²) in [5.74, 6) is 1.61. The molecule has 0 aliphatic carbocycles. The van der Waals surface area contributed by atoms with Gasteiger partial charge in [-0.05, 0) is 43.0 Å². The van der Waals surface area contributed by atoms with Crippen LogP contribution in [0.2, 0.25) is 0 Å². The highest BCUT2D eigenvalue weighted by Crippen LogP contribution is 2.31. The topological polar surface area (TPSA) is 75.1 Å². The number of hydrogen-bond acceptors (Lipinski definition) is 4. The molecule has 0 amide bonds. The Morgan fingerprint density at radius 2 is 2.16 bits per heavy atom. The van der Waals surface area contributed by atoms with Gasteiger partial charge < -0.3 is 25.2 Å². The Labute approximate surface area is 167 Å². The number of benzene rings is 1. The smallest absolute Gasteiger partial charge is 0.191 e. The molecule has 1 saturated heterocycles. The molecule has 1 atom stereocenters. The fourth-order valence-corrected chi connectivity index (χ4v) is 3.03. The van der Waals surface area contributed by atoms with E-state index in [2.05, 4.69) is 28.6 Å². The highest BCUT2D eigenvalue weighted by molar-refractivity contribution is 14.0. The first-order chi connectivity index (χ1) is 11.6. The van der Waals surface area contributed by atoms with Gasteiger partial charge in [-0.3, -0.25) is 4.99 Å². The van der Waals surface area contributed by atoms with Crippen LogP contribution in [0.25, 0.3) is 0 Å². The second-order valence-corrected chi connectivity index (χ2v) is 6.41. The van der Waals surface area contributed by atoms with E-state index >= 15 is 0 Å². The minimum absolute atomic E-state index is 0. The van der Waals surface area contributed by atoms with Gasteiger partial charge in [-0.2, -0.15) is 0 Å². The average molecular weight is 463 g/mol. The second kappa shape index (κ2) is 10.8. The van der Waals surface area contributed by atoms with E-state index in [0.29, 0.717) is 13.2 Å². The first kappa shape index (κ1) is 22.0. The molecule has 25 heavy (non-hydrogen) atoms. The Kier molecular flexibility index (Phi) is 9.52. The van der Waals surface area contributed by atoms with Crippen molar-refractivity contribution in [2.45, 2.75) is 26.3 Å². The Morgan fingerprint density at radius 3 is 2.76 bits per heavy atom. The molecule has 0 spiro atoms. The van der Waals surface area contributed by atoms with Gasteiger partial charge >= 0.3 is 0 Å². The molecule has 142 valence electrons. The fourth-order valence-electron chi connectivity index (χ4n) is 3.03. The van der Waals surface area contributed by atoms with Crippen molar-refractivity contribution in [2.75, 3.05) is 40.5 Å². The third kappa shape index (κ3) is 6.63. The number of aliphatic imine (C=N–C) groups is 1. The van der Waals surface area contributed by atoms with Gasteiger partial charge in [0.25, 0.3) is 0 Å². The predicted molar refractivity (Wildman–Crippen MR) is 111 cm³/mol. The number of rotatable bonds is 7. The summed E-state index contributed by atoms with van der Waals surface area (Å²) >= 11 is 0. The summed E-state index contributed by atoms with van der Waals surface area (Å²) in [4.78, 5) is 4.28. The molecular formula is C18H30IN3O3. The van der Waals surface area contributed by atoms with E-state index in [-0.39, 0.29) is 36.0 Å². The van der Waals surface area contributed by atoms with Crippen LogP contribution in [0.4, 0.5) is 0 Å². The normalized spacial score (nSPS) is 20.1. The van der Waals surface area contributed by atoms with Gasteiger partial charge in [-0.1, -0.05) is 6.07 Å². The fraction of sp³-hybridized carbons (Fsp3) is 0.611. The van der Waals surface area contributed by atoms with Gasteiger partial charge in [-0.25, -0.2) is 0 Å². The highest BCUT2D eigenvalue weighted by atomic mass is 127. The molecule has 1 aliphatic rings. The van der Waals surface area contributed by atoms with E-state index in [9.17, 15) is 5.11 Å². The lowest BCUT2D eigenvalue weighted by molar-refractivity contribution is 0.127. The molecule has 0 bridgehead atoms. The van der Waals surface area contributed by atoms with Gasteiger partial charge in [0.2, 0.25) is 0 Å². The molecule has 1 fully saturated rings. The summed E-state index contributed by atoms with van der Waals surface area (Å²) in [7, 11) is 3.44. The Hall–Kier alpha value is -1.06. The molecule has 1 aromatic rings. The molecule has 6 nitrogen and oxygen atoms in total. The van der Waals surface area contributed by atoms with Crippen LogP contribution in [0.3, 0.4) is 0 Å². The summed E-state index contributed by atoms with van der Waals surface area (Å²) in [6.07, 6.45) is 1.71. The monoisotopic (exact) mass is 463 g/mol. The molecular weight excluding hydrogens is 433 g/mol. The largest absolute Gasteiger partial charge is 0.497 e. The third-order valence-electron chi connectivity index (χ3n) is 4.49. The lowest BCUT2D eigenvalue weighted by atomic mass is 9.84. The molecule has 7 heteroatoms. The number of guanidine groups is 1. The maximum Gasteiger partial charge on any atom is 0.191 e. The number of aryl methyl sites for hydroxylation is 1. The molecule has 1 aliphatic heterocycles. The number of aliphatic hydroxyl groups excluding tert-OH is 1. The maximum atomic E-state index is 9.30. The zero-order valence-corrected chi connectivity index (χ0v) is 17.6. The quantitative estimate of drug-likeness (QED) is 0.328. The van der Waals surface area contributed by atoms with Crippen molar-refractivity contribution in [1.82, 2.24) is 10.6 Å².